The van der Waals surface area contributed by atoms with Crippen LogP contribution in [0.1, 0.15) is 56.8 Å². The Kier molecular flexibility index (Phi) is 4.86. The molecular weight excluding hydrogens is 324 g/mol. The van der Waals surface area contributed by atoms with Crippen LogP contribution in [0.25, 0.3) is 0 Å². The quantitative estimate of drug-likeness (QED) is 0.806. The molecule has 0 bridgehead atoms. The first kappa shape index (κ1) is 18.2. The molecule has 1 aliphatic heterocycles. The van der Waals surface area contributed by atoms with Crippen LogP contribution in [0.5, 0.6) is 5.75 Å². The Balaban J connectivity index is 1.87. The fraction of sp³-hybridized carbons (Fsp3) is 0.364. The molecule has 2 aromatic carbocycles. The highest BCUT2D eigenvalue weighted by Crippen LogP contribution is 2.34. The van der Waals surface area contributed by atoms with Gasteiger partial charge in [0.1, 0.15) is 5.75 Å². The topological polar surface area (TPSA) is 41.9 Å². The Labute approximate surface area is 155 Å². The monoisotopic (exact) mass is 350 g/mol. The summed E-state index contributed by atoms with van der Waals surface area (Å²) in [5.74, 6) is 0.767. The van der Waals surface area contributed by atoms with E-state index in [1.54, 1.807) is 19.0 Å². The van der Waals surface area contributed by atoms with Crippen LogP contribution >= 0.6 is 0 Å². The molecule has 0 fully saturated rings. The number of hydrazone groups is 1. The number of rotatable bonds is 3. The van der Waals surface area contributed by atoms with Crippen LogP contribution in [0.3, 0.4) is 0 Å². The van der Waals surface area contributed by atoms with Crippen molar-refractivity contribution in [2.45, 2.75) is 45.6 Å². The summed E-state index contributed by atoms with van der Waals surface area (Å²) in [6, 6.07) is 16.3. The zero-order chi connectivity index (χ0) is 18.9. The third-order valence-electron chi connectivity index (χ3n) is 4.82. The van der Waals surface area contributed by atoms with Gasteiger partial charge in [0.2, 0.25) is 5.91 Å². The summed E-state index contributed by atoms with van der Waals surface area (Å²) in [7, 11) is 1.65. The number of ether oxygens (including phenoxy) is 1. The molecule has 0 aliphatic carbocycles. The SMILES string of the molecule is COc1ccc(C2=NN(C(C)=O)[C@H](c3ccc(C(C)(C)C)cc3)C2)cc1. The van der Waals surface area contributed by atoms with Crippen LogP contribution in [0.4, 0.5) is 0 Å². The number of hydrogen-bond acceptors (Lipinski definition) is 3. The smallest absolute Gasteiger partial charge is 0.240 e. The fourth-order valence-corrected chi connectivity index (χ4v) is 3.22. The number of methoxy groups -OCH3 is 1. The van der Waals surface area contributed by atoms with Gasteiger partial charge >= 0.3 is 0 Å². The van der Waals surface area contributed by atoms with Crippen LogP contribution in [0, 0.1) is 0 Å². The van der Waals surface area contributed by atoms with E-state index >= 15 is 0 Å². The van der Waals surface area contributed by atoms with Gasteiger partial charge in [-0.15, -0.1) is 0 Å². The van der Waals surface area contributed by atoms with Crippen LogP contribution < -0.4 is 4.74 Å². The molecule has 1 heterocycles. The van der Waals surface area contributed by atoms with Crippen molar-refractivity contribution < 1.29 is 9.53 Å². The molecule has 3 rings (SSSR count). The third kappa shape index (κ3) is 3.64. The van der Waals surface area contributed by atoms with E-state index in [-0.39, 0.29) is 17.4 Å². The first-order valence-corrected chi connectivity index (χ1v) is 8.92. The second-order valence-electron chi connectivity index (χ2n) is 7.73. The van der Waals surface area contributed by atoms with E-state index < -0.39 is 0 Å². The van der Waals surface area contributed by atoms with Crippen molar-refractivity contribution in [3.63, 3.8) is 0 Å². The van der Waals surface area contributed by atoms with Gasteiger partial charge in [-0.25, -0.2) is 5.01 Å². The van der Waals surface area contributed by atoms with Gasteiger partial charge in [-0.3, -0.25) is 4.79 Å². The van der Waals surface area contributed by atoms with E-state index in [4.69, 9.17) is 4.74 Å². The molecule has 26 heavy (non-hydrogen) atoms. The summed E-state index contributed by atoms with van der Waals surface area (Å²) in [6.45, 7) is 8.16. The minimum atomic E-state index is -0.0568. The Morgan fingerprint density at radius 3 is 2.19 bits per heavy atom. The molecule has 1 aliphatic rings. The van der Waals surface area contributed by atoms with E-state index in [0.29, 0.717) is 6.42 Å². The summed E-state index contributed by atoms with van der Waals surface area (Å²) in [5, 5.41) is 6.20. The molecule has 136 valence electrons. The lowest BCUT2D eigenvalue weighted by Gasteiger charge is -2.23. The minimum absolute atomic E-state index is 0.0431. The molecule has 0 saturated carbocycles. The fourth-order valence-electron chi connectivity index (χ4n) is 3.22. The van der Waals surface area contributed by atoms with E-state index in [1.807, 2.05) is 24.3 Å². The largest absolute Gasteiger partial charge is 0.497 e. The predicted molar refractivity (Wildman–Crippen MR) is 105 cm³/mol. The van der Waals surface area contributed by atoms with Crippen molar-refractivity contribution in [3.05, 3.63) is 65.2 Å². The van der Waals surface area contributed by atoms with Gasteiger partial charge in [-0.05, 0) is 46.4 Å². The zero-order valence-electron chi connectivity index (χ0n) is 16.1. The van der Waals surface area contributed by atoms with E-state index in [0.717, 1.165) is 22.6 Å². The second-order valence-corrected chi connectivity index (χ2v) is 7.73. The molecule has 1 amide bonds. The Hall–Kier alpha value is -2.62. The van der Waals surface area contributed by atoms with Gasteiger partial charge in [0, 0.05) is 13.3 Å². The lowest BCUT2D eigenvalue weighted by atomic mass is 9.86. The maximum Gasteiger partial charge on any atom is 0.240 e. The lowest BCUT2D eigenvalue weighted by molar-refractivity contribution is -0.130. The number of carbonyl (C=O) groups is 1. The van der Waals surface area contributed by atoms with Crippen molar-refractivity contribution in [1.82, 2.24) is 5.01 Å². The van der Waals surface area contributed by atoms with Gasteiger partial charge < -0.3 is 4.74 Å². The van der Waals surface area contributed by atoms with Crippen LogP contribution in [0.15, 0.2) is 53.6 Å². The average Bonchev–Trinajstić information content (AvgIpc) is 3.07. The second kappa shape index (κ2) is 6.94. The van der Waals surface area contributed by atoms with Gasteiger partial charge in [-0.1, -0.05) is 45.0 Å². The zero-order valence-corrected chi connectivity index (χ0v) is 16.1. The molecule has 0 unspecified atom stereocenters. The van der Waals surface area contributed by atoms with E-state index in [2.05, 4.69) is 50.1 Å². The number of nitrogens with zero attached hydrogens (tertiary/aromatic N) is 2. The first-order valence-electron chi connectivity index (χ1n) is 8.92. The van der Waals surface area contributed by atoms with Crippen LogP contribution in [-0.4, -0.2) is 23.7 Å². The summed E-state index contributed by atoms with van der Waals surface area (Å²) in [6.07, 6.45) is 0.709. The Bertz CT molecular complexity index is 815. The van der Waals surface area contributed by atoms with Crippen LogP contribution in [0.2, 0.25) is 0 Å². The van der Waals surface area contributed by atoms with Crippen molar-refractivity contribution >= 4 is 11.6 Å². The number of amides is 1. The van der Waals surface area contributed by atoms with Gasteiger partial charge in [0.15, 0.2) is 0 Å². The number of carbonyl (C=O) groups excluding carboxylic acids is 1. The highest BCUT2D eigenvalue weighted by atomic mass is 16.5. The first-order chi connectivity index (χ1) is 12.3. The minimum Gasteiger partial charge on any atom is -0.497 e. The predicted octanol–water partition coefficient (Wildman–Crippen LogP) is 4.69. The van der Waals surface area contributed by atoms with Gasteiger partial charge in [0.25, 0.3) is 0 Å². The van der Waals surface area contributed by atoms with Crippen molar-refractivity contribution in [1.29, 1.82) is 0 Å². The van der Waals surface area contributed by atoms with Crippen LogP contribution in [-0.2, 0) is 10.2 Å². The highest BCUT2D eigenvalue weighted by Gasteiger charge is 2.31. The third-order valence-corrected chi connectivity index (χ3v) is 4.82. The summed E-state index contributed by atoms with van der Waals surface area (Å²) >= 11 is 0. The van der Waals surface area contributed by atoms with Crippen molar-refractivity contribution in [2.75, 3.05) is 7.11 Å². The van der Waals surface area contributed by atoms with Crippen molar-refractivity contribution in [2.24, 2.45) is 5.10 Å². The Morgan fingerprint density at radius 2 is 1.69 bits per heavy atom. The van der Waals surface area contributed by atoms with Gasteiger partial charge in [0.05, 0.1) is 18.9 Å². The van der Waals surface area contributed by atoms with E-state index in [1.165, 1.54) is 5.56 Å². The summed E-state index contributed by atoms with van der Waals surface area (Å²) in [5.41, 5.74) is 4.45. The normalized spacial score (nSPS) is 17.2. The molecule has 1 atom stereocenters. The number of hydrogen-bond donors (Lipinski definition) is 0. The summed E-state index contributed by atoms with van der Waals surface area (Å²) in [4.78, 5) is 12.1. The van der Waals surface area contributed by atoms with Gasteiger partial charge in [-0.2, -0.15) is 5.10 Å². The molecule has 0 N–H and O–H groups in total. The molecular formula is C22H26N2O2. The lowest BCUT2D eigenvalue weighted by Crippen LogP contribution is -2.24. The maximum atomic E-state index is 12.1. The molecule has 0 saturated heterocycles. The molecule has 4 heteroatoms. The standard InChI is InChI=1S/C22H26N2O2/c1-15(25)24-21(17-6-10-18(11-7-17)22(2,3)4)14-20(23-24)16-8-12-19(26-5)13-9-16/h6-13,21H,14H2,1-5H3/t21-/m0/s1. The molecule has 4 nitrogen and oxygen atoms in total. The average molecular weight is 350 g/mol. The van der Waals surface area contributed by atoms with E-state index in [9.17, 15) is 4.79 Å². The van der Waals surface area contributed by atoms with Crippen molar-refractivity contribution in [3.8, 4) is 5.75 Å². The highest BCUT2D eigenvalue weighted by molar-refractivity contribution is 6.03. The molecule has 0 spiro atoms. The molecule has 0 radical (unpaired) electrons. The molecule has 0 aromatic heterocycles. The maximum absolute atomic E-state index is 12.1. The number of benzene rings is 2. The molecule has 2 aromatic rings. The summed E-state index contributed by atoms with van der Waals surface area (Å²) < 4.78 is 5.22. The Morgan fingerprint density at radius 1 is 1.08 bits per heavy atom.